The summed E-state index contributed by atoms with van der Waals surface area (Å²) in [7, 11) is 0. The van der Waals surface area contributed by atoms with Gasteiger partial charge in [0.05, 0.1) is 6.26 Å². The highest BCUT2D eigenvalue weighted by molar-refractivity contribution is 6.02. The van der Waals surface area contributed by atoms with Crippen LogP contribution in [0.5, 0.6) is 0 Å². The van der Waals surface area contributed by atoms with Crippen LogP contribution in [0.2, 0.25) is 0 Å². The third kappa shape index (κ3) is 4.11. The lowest BCUT2D eigenvalue weighted by molar-refractivity contribution is -0.122. The molecule has 4 rings (SSSR count). The highest BCUT2D eigenvalue weighted by atomic mass is 19.1. The summed E-state index contributed by atoms with van der Waals surface area (Å²) in [4.78, 5) is 24.3. The molecule has 1 saturated carbocycles. The van der Waals surface area contributed by atoms with Gasteiger partial charge < -0.3 is 15.1 Å². The molecule has 0 aliphatic heterocycles. The van der Waals surface area contributed by atoms with E-state index >= 15 is 0 Å². The molecule has 2 amide bonds. The van der Waals surface area contributed by atoms with Crippen molar-refractivity contribution in [2.75, 3.05) is 5.32 Å². The summed E-state index contributed by atoms with van der Waals surface area (Å²) in [6, 6.07) is 16.8. The maximum Gasteiger partial charge on any atom is 0.291 e. The summed E-state index contributed by atoms with van der Waals surface area (Å²) < 4.78 is 18.1. The van der Waals surface area contributed by atoms with E-state index in [9.17, 15) is 14.0 Å². The van der Waals surface area contributed by atoms with Gasteiger partial charge in [0.25, 0.3) is 5.91 Å². The highest BCUT2D eigenvalue weighted by Gasteiger charge is 2.43. The van der Waals surface area contributed by atoms with E-state index < -0.39 is 0 Å². The molecule has 3 aromatic rings. The molecule has 2 N–H and O–H groups in total. The Balaban J connectivity index is 1.26. The minimum atomic E-state index is -0.313. The molecule has 28 heavy (non-hydrogen) atoms. The number of nitrogens with one attached hydrogen (secondary N) is 2. The Hall–Kier alpha value is -3.41. The van der Waals surface area contributed by atoms with Crippen molar-refractivity contribution < 1.29 is 18.4 Å². The molecule has 142 valence electrons. The van der Waals surface area contributed by atoms with Gasteiger partial charge >= 0.3 is 0 Å². The van der Waals surface area contributed by atoms with Crippen LogP contribution in [-0.4, -0.2) is 11.8 Å². The largest absolute Gasteiger partial charge is 0.459 e. The van der Waals surface area contributed by atoms with Gasteiger partial charge in [-0.05, 0) is 59.9 Å². The third-order valence-electron chi connectivity index (χ3n) is 4.85. The highest BCUT2D eigenvalue weighted by Crippen LogP contribution is 2.47. The monoisotopic (exact) mass is 378 g/mol. The van der Waals surface area contributed by atoms with Crippen molar-refractivity contribution in [1.29, 1.82) is 0 Å². The molecule has 0 spiro atoms. The number of amides is 2. The summed E-state index contributed by atoms with van der Waals surface area (Å²) >= 11 is 0. The average molecular weight is 378 g/mol. The molecule has 2 aromatic carbocycles. The third-order valence-corrected chi connectivity index (χ3v) is 4.85. The Labute approximate surface area is 161 Å². The molecule has 2 atom stereocenters. The van der Waals surface area contributed by atoms with Crippen molar-refractivity contribution >= 4 is 17.5 Å². The van der Waals surface area contributed by atoms with Gasteiger partial charge in [-0.25, -0.2) is 4.39 Å². The zero-order valence-electron chi connectivity index (χ0n) is 15.0. The lowest BCUT2D eigenvalue weighted by Gasteiger charge is -2.07. The second-order valence-corrected chi connectivity index (χ2v) is 6.85. The zero-order chi connectivity index (χ0) is 19.5. The lowest BCUT2D eigenvalue weighted by atomic mass is 10.1. The SMILES string of the molecule is O=C(Nc1ccc(CNC(=O)C2CC2c2ccc(F)cc2)cc1)c1ccco1. The number of carbonyl (C=O) groups is 2. The van der Waals surface area contributed by atoms with Gasteiger partial charge in [-0.3, -0.25) is 9.59 Å². The lowest BCUT2D eigenvalue weighted by Crippen LogP contribution is -2.24. The summed E-state index contributed by atoms with van der Waals surface area (Å²) in [5.74, 6) is -0.223. The molecule has 0 bridgehead atoms. The number of carbonyl (C=O) groups excluding carboxylic acids is 2. The fraction of sp³-hybridized carbons (Fsp3) is 0.182. The Morgan fingerprint density at radius 3 is 2.46 bits per heavy atom. The summed E-state index contributed by atoms with van der Waals surface area (Å²) in [6.07, 6.45) is 2.23. The first kappa shape index (κ1) is 18.0. The van der Waals surface area contributed by atoms with Crippen LogP contribution in [0.15, 0.2) is 71.3 Å². The topological polar surface area (TPSA) is 71.3 Å². The fourth-order valence-corrected chi connectivity index (χ4v) is 3.19. The van der Waals surface area contributed by atoms with E-state index in [1.54, 1.807) is 36.4 Å². The van der Waals surface area contributed by atoms with Crippen LogP contribution in [0.4, 0.5) is 10.1 Å². The second kappa shape index (κ2) is 7.68. The van der Waals surface area contributed by atoms with E-state index in [4.69, 9.17) is 4.42 Å². The van der Waals surface area contributed by atoms with Crippen molar-refractivity contribution in [2.24, 2.45) is 5.92 Å². The van der Waals surface area contributed by atoms with Crippen LogP contribution in [0.3, 0.4) is 0 Å². The maximum absolute atomic E-state index is 13.0. The van der Waals surface area contributed by atoms with Crippen molar-refractivity contribution in [3.8, 4) is 0 Å². The molecule has 1 aliphatic carbocycles. The van der Waals surface area contributed by atoms with Crippen molar-refractivity contribution in [3.05, 3.63) is 89.6 Å². The van der Waals surface area contributed by atoms with E-state index in [0.29, 0.717) is 12.2 Å². The molecule has 1 heterocycles. The number of anilines is 1. The van der Waals surface area contributed by atoms with Gasteiger partial charge in [0, 0.05) is 18.2 Å². The molecule has 0 saturated heterocycles. The van der Waals surface area contributed by atoms with E-state index in [0.717, 1.165) is 17.5 Å². The average Bonchev–Trinajstić information content (AvgIpc) is 3.31. The summed E-state index contributed by atoms with van der Waals surface area (Å²) in [5, 5.41) is 5.69. The van der Waals surface area contributed by atoms with E-state index in [1.165, 1.54) is 18.4 Å². The van der Waals surface area contributed by atoms with Crippen LogP contribution in [0, 0.1) is 11.7 Å². The van der Waals surface area contributed by atoms with Gasteiger partial charge in [0.1, 0.15) is 5.82 Å². The number of furan rings is 1. The molecule has 1 aliphatic rings. The van der Waals surface area contributed by atoms with Crippen LogP contribution in [-0.2, 0) is 11.3 Å². The number of benzene rings is 2. The zero-order valence-corrected chi connectivity index (χ0v) is 15.0. The molecule has 0 radical (unpaired) electrons. The standard InChI is InChI=1S/C22H19FN2O3/c23-16-7-5-15(6-8-16)18-12-19(18)21(26)24-13-14-3-9-17(10-4-14)25-22(27)20-2-1-11-28-20/h1-11,18-19H,12-13H2,(H,24,26)(H,25,27). The van der Waals surface area contributed by atoms with Gasteiger partial charge in [-0.2, -0.15) is 0 Å². The predicted octanol–water partition coefficient (Wildman–Crippen LogP) is 4.09. The Morgan fingerprint density at radius 2 is 1.79 bits per heavy atom. The Morgan fingerprint density at radius 1 is 1.04 bits per heavy atom. The first-order valence-electron chi connectivity index (χ1n) is 9.07. The number of halogens is 1. The minimum absolute atomic E-state index is 0.00419. The van der Waals surface area contributed by atoms with Crippen LogP contribution >= 0.6 is 0 Å². The van der Waals surface area contributed by atoms with Crippen molar-refractivity contribution in [2.45, 2.75) is 18.9 Å². The first-order valence-corrected chi connectivity index (χ1v) is 9.07. The quantitative estimate of drug-likeness (QED) is 0.679. The van der Waals surface area contributed by atoms with Crippen molar-refractivity contribution in [1.82, 2.24) is 5.32 Å². The smallest absolute Gasteiger partial charge is 0.291 e. The van der Waals surface area contributed by atoms with Gasteiger partial charge in [0.15, 0.2) is 5.76 Å². The summed E-state index contributed by atoms with van der Waals surface area (Å²) in [5.41, 5.74) is 2.58. The van der Waals surface area contributed by atoms with E-state index in [1.807, 2.05) is 12.1 Å². The predicted molar refractivity (Wildman–Crippen MR) is 102 cm³/mol. The molecule has 1 fully saturated rings. The van der Waals surface area contributed by atoms with Gasteiger partial charge in [-0.1, -0.05) is 24.3 Å². The van der Waals surface area contributed by atoms with Gasteiger partial charge in [-0.15, -0.1) is 0 Å². The number of rotatable bonds is 6. The van der Waals surface area contributed by atoms with E-state index in [-0.39, 0.29) is 35.2 Å². The molecular weight excluding hydrogens is 359 g/mol. The number of hydrogen-bond acceptors (Lipinski definition) is 3. The van der Waals surface area contributed by atoms with Crippen LogP contribution in [0.25, 0.3) is 0 Å². The van der Waals surface area contributed by atoms with Crippen LogP contribution in [0.1, 0.15) is 34.0 Å². The normalized spacial score (nSPS) is 17.8. The van der Waals surface area contributed by atoms with Gasteiger partial charge in [0.2, 0.25) is 5.91 Å². The maximum atomic E-state index is 13.0. The van der Waals surface area contributed by atoms with E-state index in [2.05, 4.69) is 10.6 Å². The second-order valence-electron chi connectivity index (χ2n) is 6.85. The Bertz CT molecular complexity index is 966. The molecule has 2 unspecified atom stereocenters. The minimum Gasteiger partial charge on any atom is -0.459 e. The summed E-state index contributed by atoms with van der Waals surface area (Å²) in [6.45, 7) is 0.415. The fourth-order valence-electron chi connectivity index (χ4n) is 3.19. The molecule has 5 nitrogen and oxygen atoms in total. The first-order chi connectivity index (χ1) is 13.6. The van der Waals surface area contributed by atoms with Crippen LogP contribution < -0.4 is 10.6 Å². The molecule has 6 heteroatoms. The molecular formula is C22H19FN2O3. The Kier molecular flexibility index (Phi) is 4.93. The molecule has 1 aromatic heterocycles. The van der Waals surface area contributed by atoms with Crippen molar-refractivity contribution in [3.63, 3.8) is 0 Å². The number of hydrogen-bond donors (Lipinski definition) is 2.